The first-order chi connectivity index (χ1) is 6.76. The molecule has 0 aromatic heterocycles. The highest BCUT2D eigenvalue weighted by Crippen LogP contribution is 2.31. The molecule has 1 fully saturated rings. The van der Waals surface area contributed by atoms with Crippen LogP contribution in [0, 0.1) is 12.3 Å². The first-order valence-electron chi connectivity index (χ1n) is 5.08. The van der Waals surface area contributed by atoms with E-state index in [0.717, 1.165) is 26.2 Å². The van der Waals surface area contributed by atoms with Gasteiger partial charge in [0.1, 0.15) is 0 Å². The Morgan fingerprint density at radius 1 is 1.36 bits per heavy atom. The number of rotatable bonds is 3. The molecule has 2 heteroatoms. The fourth-order valence-corrected chi connectivity index (χ4v) is 1.90. The van der Waals surface area contributed by atoms with Gasteiger partial charge in [0.05, 0.1) is 13.2 Å². The Morgan fingerprint density at radius 2 is 2.07 bits per heavy atom. The van der Waals surface area contributed by atoms with E-state index in [1.165, 1.54) is 11.1 Å². The third-order valence-electron chi connectivity index (χ3n) is 3.08. The molecule has 1 saturated heterocycles. The summed E-state index contributed by atoms with van der Waals surface area (Å²) in [6.45, 7) is 4.51. The lowest BCUT2D eigenvalue weighted by molar-refractivity contribution is -0.106. The molecule has 1 heterocycles. The van der Waals surface area contributed by atoms with E-state index in [1.54, 1.807) is 0 Å². The molecule has 1 aliphatic rings. The lowest BCUT2D eigenvalue weighted by Crippen LogP contribution is -2.49. The van der Waals surface area contributed by atoms with Gasteiger partial charge in [0, 0.05) is 12.0 Å². The Morgan fingerprint density at radius 3 is 2.57 bits per heavy atom. The average molecular weight is 191 g/mol. The zero-order valence-corrected chi connectivity index (χ0v) is 8.62. The summed E-state index contributed by atoms with van der Waals surface area (Å²) in [7, 11) is 0. The quantitative estimate of drug-likeness (QED) is 0.786. The average Bonchev–Trinajstić information content (AvgIpc) is 2.14. The largest absolute Gasteiger partial charge is 0.380 e. The third-order valence-corrected chi connectivity index (χ3v) is 3.08. The van der Waals surface area contributed by atoms with Gasteiger partial charge < -0.3 is 10.5 Å². The van der Waals surface area contributed by atoms with Gasteiger partial charge in [-0.25, -0.2) is 0 Å². The number of benzene rings is 1. The Bertz CT molecular complexity index is 312. The molecule has 0 radical (unpaired) electrons. The summed E-state index contributed by atoms with van der Waals surface area (Å²) in [5, 5.41) is 0. The molecule has 1 aromatic rings. The van der Waals surface area contributed by atoms with Crippen molar-refractivity contribution in [3.8, 4) is 0 Å². The molecule has 2 rings (SSSR count). The normalized spacial score (nSPS) is 19.0. The highest BCUT2D eigenvalue weighted by molar-refractivity contribution is 5.27. The Kier molecular flexibility index (Phi) is 2.57. The lowest BCUT2D eigenvalue weighted by atomic mass is 9.79. The maximum absolute atomic E-state index is 5.79. The third kappa shape index (κ3) is 1.68. The van der Waals surface area contributed by atoms with E-state index in [2.05, 4.69) is 31.2 Å². The van der Waals surface area contributed by atoms with Crippen molar-refractivity contribution in [2.45, 2.75) is 13.3 Å². The van der Waals surface area contributed by atoms with Crippen molar-refractivity contribution in [1.82, 2.24) is 0 Å². The minimum Gasteiger partial charge on any atom is -0.380 e. The molecular weight excluding hydrogens is 174 g/mol. The fourth-order valence-electron chi connectivity index (χ4n) is 1.90. The highest BCUT2D eigenvalue weighted by Gasteiger charge is 2.37. The van der Waals surface area contributed by atoms with Gasteiger partial charge >= 0.3 is 0 Å². The lowest BCUT2D eigenvalue weighted by Gasteiger charge is -2.41. The molecule has 0 bridgehead atoms. The predicted octanol–water partition coefficient (Wildman–Crippen LogP) is 1.51. The minimum absolute atomic E-state index is 0.214. The zero-order chi connectivity index (χ0) is 10.0. The van der Waals surface area contributed by atoms with Crippen LogP contribution in [-0.2, 0) is 11.2 Å². The molecule has 0 saturated carbocycles. The van der Waals surface area contributed by atoms with Gasteiger partial charge in [-0.2, -0.15) is 0 Å². The number of hydrogen-bond donors (Lipinski definition) is 1. The molecule has 1 aromatic carbocycles. The van der Waals surface area contributed by atoms with E-state index in [-0.39, 0.29) is 5.41 Å². The van der Waals surface area contributed by atoms with Gasteiger partial charge in [-0.3, -0.25) is 0 Å². The second-order valence-electron chi connectivity index (χ2n) is 4.30. The van der Waals surface area contributed by atoms with Crippen molar-refractivity contribution >= 4 is 0 Å². The summed E-state index contributed by atoms with van der Waals surface area (Å²) in [5.74, 6) is 0. The van der Waals surface area contributed by atoms with Crippen LogP contribution < -0.4 is 5.73 Å². The number of nitrogens with two attached hydrogens (primary N) is 1. The van der Waals surface area contributed by atoms with E-state index in [4.69, 9.17) is 10.5 Å². The summed E-state index contributed by atoms with van der Waals surface area (Å²) >= 11 is 0. The molecule has 0 atom stereocenters. The number of ether oxygens (including phenoxy) is 1. The van der Waals surface area contributed by atoms with Crippen molar-refractivity contribution in [1.29, 1.82) is 0 Å². The van der Waals surface area contributed by atoms with Crippen molar-refractivity contribution in [3.05, 3.63) is 35.4 Å². The molecule has 0 spiro atoms. The monoisotopic (exact) mass is 191 g/mol. The molecule has 2 nitrogen and oxygen atoms in total. The van der Waals surface area contributed by atoms with Gasteiger partial charge in [0.15, 0.2) is 0 Å². The van der Waals surface area contributed by atoms with E-state index >= 15 is 0 Å². The molecule has 1 aliphatic heterocycles. The van der Waals surface area contributed by atoms with Crippen LogP contribution in [0.2, 0.25) is 0 Å². The van der Waals surface area contributed by atoms with Crippen LogP contribution in [0.3, 0.4) is 0 Å². The van der Waals surface area contributed by atoms with Crippen LogP contribution in [0.1, 0.15) is 11.1 Å². The smallest absolute Gasteiger partial charge is 0.0560 e. The number of hydrogen-bond acceptors (Lipinski definition) is 2. The summed E-state index contributed by atoms with van der Waals surface area (Å²) in [4.78, 5) is 0. The van der Waals surface area contributed by atoms with Crippen LogP contribution >= 0.6 is 0 Å². The van der Waals surface area contributed by atoms with Crippen LogP contribution in [0.5, 0.6) is 0 Å². The Labute approximate surface area is 85.1 Å². The maximum atomic E-state index is 5.79. The van der Waals surface area contributed by atoms with Crippen LogP contribution in [0.25, 0.3) is 0 Å². The minimum atomic E-state index is 0.214. The molecule has 0 amide bonds. The molecule has 2 N–H and O–H groups in total. The predicted molar refractivity (Wildman–Crippen MR) is 57.2 cm³/mol. The maximum Gasteiger partial charge on any atom is 0.0560 e. The molecule has 14 heavy (non-hydrogen) atoms. The first-order valence-corrected chi connectivity index (χ1v) is 5.08. The second kappa shape index (κ2) is 3.71. The Hall–Kier alpha value is -0.860. The SMILES string of the molecule is Cc1ccccc1CC1(CN)COC1. The second-order valence-corrected chi connectivity index (χ2v) is 4.30. The zero-order valence-electron chi connectivity index (χ0n) is 8.62. The summed E-state index contributed by atoms with van der Waals surface area (Å²) < 4.78 is 5.26. The fraction of sp³-hybridized carbons (Fsp3) is 0.500. The van der Waals surface area contributed by atoms with Crippen molar-refractivity contribution in [2.24, 2.45) is 11.1 Å². The standard InChI is InChI=1S/C12H17NO/c1-10-4-2-3-5-11(10)6-12(7-13)8-14-9-12/h2-5H,6-9,13H2,1H3. The van der Waals surface area contributed by atoms with Gasteiger partial charge in [0.25, 0.3) is 0 Å². The molecule has 0 unspecified atom stereocenters. The molecular formula is C12H17NO. The Balaban J connectivity index is 2.13. The van der Waals surface area contributed by atoms with Gasteiger partial charge in [-0.05, 0) is 24.5 Å². The first kappa shape index (κ1) is 9.69. The summed E-state index contributed by atoms with van der Waals surface area (Å²) in [6.07, 6.45) is 1.05. The van der Waals surface area contributed by atoms with Crippen LogP contribution in [0.4, 0.5) is 0 Å². The van der Waals surface area contributed by atoms with Crippen molar-refractivity contribution in [3.63, 3.8) is 0 Å². The topological polar surface area (TPSA) is 35.2 Å². The summed E-state index contributed by atoms with van der Waals surface area (Å²) in [6, 6.07) is 8.50. The number of aryl methyl sites for hydroxylation is 1. The van der Waals surface area contributed by atoms with Crippen molar-refractivity contribution in [2.75, 3.05) is 19.8 Å². The van der Waals surface area contributed by atoms with E-state index in [0.29, 0.717) is 0 Å². The van der Waals surface area contributed by atoms with Crippen LogP contribution in [-0.4, -0.2) is 19.8 Å². The van der Waals surface area contributed by atoms with E-state index in [9.17, 15) is 0 Å². The van der Waals surface area contributed by atoms with Crippen LogP contribution in [0.15, 0.2) is 24.3 Å². The van der Waals surface area contributed by atoms with Crippen molar-refractivity contribution < 1.29 is 4.74 Å². The van der Waals surface area contributed by atoms with E-state index < -0.39 is 0 Å². The van der Waals surface area contributed by atoms with E-state index in [1.807, 2.05) is 0 Å². The van der Waals surface area contributed by atoms with Gasteiger partial charge in [0.2, 0.25) is 0 Å². The molecule has 0 aliphatic carbocycles. The highest BCUT2D eigenvalue weighted by atomic mass is 16.5. The summed E-state index contributed by atoms with van der Waals surface area (Å²) in [5.41, 5.74) is 8.76. The molecule has 76 valence electrons. The van der Waals surface area contributed by atoms with Gasteiger partial charge in [-0.15, -0.1) is 0 Å². The van der Waals surface area contributed by atoms with Gasteiger partial charge in [-0.1, -0.05) is 24.3 Å².